The van der Waals surface area contributed by atoms with Crippen LogP contribution in [0.1, 0.15) is 43.9 Å². The molecule has 40 heavy (non-hydrogen) atoms. The molecule has 0 saturated heterocycles. The van der Waals surface area contributed by atoms with Gasteiger partial charge in [-0.3, -0.25) is 13.9 Å². The first-order valence-corrected chi connectivity index (χ1v) is 14.9. The Kier molecular flexibility index (Phi) is 10.3. The van der Waals surface area contributed by atoms with Crippen LogP contribution in [-0.2, 0) is 26.2 Å². The van der Waals surface area contributed by atoms with Crippen LogP contribution < -0.4 is 9.62 Å². The third-order valence-corrected chi connectivity index (χ3v) is 8.97. The van der Waals surface area contributed by atoms with E-state index < -0.39 is 40.2 Å². The van der Waals surface area contributed by atoms with Gasteiger partial charge in [0.1, 0.15) is 18.4 Å². The molecular weight excluding hydrogens is 553 g/mol. The number of amides is 2. The fraction of sp³-hybridized carbons (Fsp3) is 0.333. The highest BCUT2D eigenvalue weighted by molar-refractivity contribution is 7.92. The number of benzene rings is 3. The Hall–Kier alpha value is -3.43. The van der Waals surface area contributed by atoms with Gasteiger partial charge in [0, 0.05) is 23.2 Å². The van der Waals surface area contributed by atoms with E-state index in [4.69, 9.17) is 11.6 Å². The van der Waals surface area contributed by atoms with Crippen LogP contribution in [0, 0.1) is 19.7 Å². The van der Waals surface area contributed by atoms with Gasteiger partial charge >= 0.3 is 0 Å². The molecule has 0 heterocycles. The molecule has 0 spiro atoms. The van der Waals surface area contributed by atoms with Crippen LogP contribution in [0.5, 0.6) is 0 Å². The monoisotopic (exact) mass is 587 g/mol. The van der Waals surface area contributed by atoms with Crippen molar-refractivity contribution in [2.75, 3.05) is 10.8 Å². The Morgan fingerprint density at radius 3 is 2.23 bits per heavy atom. The second kappa shape index (κ2) is 13.3. The van der Waals surface area contributed by atoms with Gasteiger partial charge in [0.2, 0.25) is 11.8 Å². The summed E-state index contributed by atoms with van der Waals surface area (Å²) in [7, 11) is -4.23. The Balaban J connectivity index is 2.06. The fourth-order valence-corrected chi connectivity index (χ4v) is 5.53. The van der Waals surface area contributed by atoms with Crippen molar-refractivity contribution in [2.24, 2.45) is 0 Å². The predicted octanol–water partition coefficient (Wildman–Crippen LogP) is 5.62. The number of carbonyl (C=O) groups is 2. The normalized spacial score (nSPS) is 12.9. The Bertz CT molecular complexity index is 1460. The topological polar surface area (TPSA) is 86.8 Å². The first-order chi connectivity index (χ1) is 18.8. The highest BCUT2D eigenvalue weighted by Crippen LogP contribution is 2.27. The standard InChI is InChI=1S/C30H35ClFN3O4S/c1-6-22(4)33-30(37)23(5)34(18-24-9-7-8-10-28(24)32)29(36)19-35(26-14-11-20(2)21(3)17-26)40(38,39)27-15-12-25(31)13-16-27/h7-17,22-23H,6,18-19H2,1-5H3,(H,33,37)/t22-,23-/m0/s1. The van der Waals surface area contributed by atoms with E-state index in [2.05, 4.69) is 5.32 Å². The third-order valence-electron chi connectivity index (χ3n) is 6.93. The second-order valence-electron chi connectivity index (χ2n) is 9.84. The molecule has 2 atom stereocenters. The number of nitrogens with zero attached hydrogens (tertiary/aromatic N) is 2. The van der Waals surface area contributed by atoms with E-state index in [1.54, 1.807) is 31.2 Å². The minimum atomic E-state index is -4.23. The van der Waals surface area contributed by atoms with Gasteiger partial charge in [-0.15, -0.1) is 0 Å². The molecule has 0 saturated carbocycles. The van der Waals surface area contributed by atoms with E-state index in [1.807, 2.05) is 27.7 Å². The zero-order valence-electron chi connectivity index (χ0n) is 23.3. The van der Waals surface area contributed by atoms with Gasteiger partial charge < -0.3 is 10.2 Å². The first-order valence-electron chi connectivity index (χ1n) is 13.0. The average Bonchev–Trinajstić information content (AvgIpc) is 2.92. The summed E-state index contributed by atoms with van der Waals surface area (Å²) in [5.41, 5.74) is 2.28. The molecule has 7 nitrogen and oxygen atoms in total. The van der Waals surface area contributed by atoms with Crippen LogP contribution in [0.25, 0.3) is 0 Å². The fourth-order valence-electron chi connectivity index (χ4n) is 4.00. The van der Waals surface area contributed by atoms with Crippen LogP contribution in [0.3, 0.4) is 0 Å². The summed E-state index contributed by atoms with van der Waals surface area (Å²) in [5, 5.41) is 3.22. The summed E-state index contributed by atoms with van der Waals surface area (Å²) >= 11 is 5.99. The van der Waals surface area contributed by atoms with E-state index in [0.29, 0.717) is 11.4 Å². The van der Waals surface area contributed by atoms with Crippen LogP contribution in [0.4, 0.5) is 10.1 Å². The number of sulfonamides is 1. The summed E-state index contributed by atoms with van der Waals surface area (Å²) in [5.74, 6) is -1.61. The van der Waals surface area contributed by atoms with E-state index >= 15 is 0 Å². The number of halogens is 2. The number of hydrogen-bond donors (Lipinski definition) is 1. The van der Waals surface area contributed by atoms with E-state index in [-0.39, 0.29) is 28.7 Å². The van der Waals surface area contributed by atoms with Crippen molar-refractivity contribution in [1.29, 1.82) is 0 Å². The van der Waals surface area contributed by atoms with Crippen LogP contribution in [0.15, 0.2) is 71.6 Å². The summed E-state index contributed by atoms with van der Waals surface area (Å²) in [6, 6.07) is 15.6. The molecule has 0 aliphatic heterocycles. The highest BCUT2D eigenvalue weighted by Gasteiger charge is 2.33. The second-order valence-corrected chi connectivity index (χ2v) is 12.1. The summed E-state index contributed by atoms with van der Waals surface area (Å²) < 4.78 is 43.4. The largest absolute Gasteiger partial charge is 0.352 e. The van der Waals surface area contributed by atoms with Gasteiger partial charge in [-0.05, 0) is 87.7 Å². The number of anilines is 1. The summed E-state index contributed by atoms with van der Waals surface area (Å²) in [6.07, 6.45) is 0.680. The molecule has 10 heteroatoms. The van der Waals surface area contributed by atoms with Gasteiger partial charge in [-0.2, -0.15) is 0 Å². The lowest BCUT2D eigenvalue weighted by molar-refractivity contribution is -0.139. The molecule has 0 aliphatic rings. The van der Waals surface area contributed by atoms with Gasteiger partial charge in [0.15, 0.2) is 0 Å². The number of carbonyl (C=O) groups excluding carboxylic acids is 2. The lowest BCUT2D eigenvalue weighted by Gasteiger charge is -2.32. The predicted molar refractivity (Wildman–Crippen MR) is 156 cm³/mol. The molecule has 3 aromatic rings. The molecule has 2 amide bonds. The van der Waals surface area contributed by atoms with E-state index in [1.165, 1.54) is 47.4 Å². The smallest absolute Gasteiger partial charge is 0.264 e. The lowest BCUT2D eigenvalue weighted by Crippen LogP contribution is -2.52. The zero-order chi connectivity index (χ0) is 29.6. The molecule has 0 aliphatic carbocycles. The number of hydrogen-bond acceptors (Lipinski definition) is 4. The van der Waals surface area contributed by atoms with Crippen molar-refractivity contribution in [3.63, 3.8) is 0 Å². The molecule has 214 valence electrons. The number of nitrogens with one attached hydrogen (secondary N) is 1. The Morgan fingerprint density at radius 1 is 0.975 bits per heavy atom. The van der Waals surface area contributed by atoms with Crippen LogP contribution in [-0.4, -0.2) is 43.8 Å². The molecule has 0 aromatic heterocycles. The first kappa shape index (κ1) is 31.1. The maximum Gasteiger partial charge on any atom is 0.264 e. The van der Waals surface area contributed by atoms with Crippen molar-refractivity contribution >= 4 is 39.1 Å². The number of rotatable bonds is 11. The highest BCUT2D eigenvalue weighted by atomic mass is 35.5. The van der Waals surface area contributed by atoms with Crippen molar-refractivity contribution in [3.8, 4) is 0 Å². The Morgan fingerprint density at radius 2 is 1.62 bits per heavy atom. The van der Waals surface area contributed by atoms with Crippen molar-refractivity contribution in [1.82, 2.24) is 10.2 Å². The zero-order valence-corrected chi connectivity index (χ0v) is 24.9. The SMILES string of the molecule is CC[C@H](C)NC(=O)[C@H](C)N(Cc1ccccc1F)C(=O)CN(c1ccc(C)c(C)c1)S(=O)(=O)c1ccc(Cl)cc1. The van der Waals surface area contributed by atoms with Crippen molar-refractivity contribution < 1.29 is 22.4 Å². The molecule has 0 bridgehead atoms. The molecule has 0 radical (unpaired) electrons. The molecule has 0 fully saturated rings. The average molecular weight is 588 g/mol. The van der Waals surface area contributed by atoms with Crippen LogP contribution in [0.2, 0.25) is 5.02 Å². The summed E-state index contributed by atoms with van der Waals surface area (Å²) in [6.45, 7) is 8.22. The molecule has 3 aromatic carbocycles. The molecular formula is C30H35ClFN3O4S. The molecule has 1 N–H and O–H groups in total. The van der Waals surface area contributed by atoms with E-state index in [9.17, 15) is 22.4 Å². The van der Waals surface area contributed by atoms with E-state index in [0.717, 1.165) is 15.4 Å². The van der Waals surface area contributed by atoms with Gasteiger partial charge in [-0.1, -0.05) is 42.8 Å². The lowest BCUT2D eigenvalue weighted by atomic mass is 10.1. The third kappa shape index (κ3) is 7.40. The summed E-state index contributed by atoms with van der Waals surface area (Å²) in [4.78, 5) is 28.2. The quantitative estimate of drug-likeness (QED) is 0.315. The van der Waals surface area contributed by atoms with Crippen molar-refractivity contribution in [2.45, 2.75) is 64.6 Å². The van der Waals surface area contributed by atoms with Gasteiger partial charge in [0.05, 0.1) is 10.6 Å². The minimum Gasteiger partial charge on any atom is -0.352 e. The maximum absolute atomic E-state index is 14.6. The Labute approximate surface area is 241 Å². The van der Waals surface area contributed by atoms with Crippen molar-refractivity contribution in [3.05, 3.63) is 94.3 Å². The molecule has 3 rings (SSSR count). The number of aryl methyl sites for hydroxylation is 2. The van der Waals surface area contributed by atoms with Gasteiger partial charge in [0.25, 0.3) is 10.0 Å². The molecule has 0 unspecified atom stereocenters. The van der Waals surface area contributed by atoms with Gasteiger partial charge in [-0.25, -0.2) is 12.8 Å². The minimum absolute atomic E-state index is 0.0499. The maximum atomic E-state index is 14.6. The van der Waals surface area contributed by atoms with Crippen LogP contribution >= 0.6 is 11.6 Å².